The van der Waals surface area contributed by atoms with Crippen molar-refractivity contribution in [1.29, 1.82) is 0 Å². The highest BCUT2D eigenvalue weighted by atomic mass is 16.3. The number of benzene rings is 2. The fourth-order valence-electron chi connectivity index (χ4n) is 3.33. The number of aromatic nitrogens is 1. The Morgan fingerprint density at radius 3 is 1.71 bits per heavy atom. The molecule has 6 heteroatoms. The molecular weight excluding hydrogens is 422 g/mol. The molecule has 6 nitrogen and oxygen atoms in total. The van der Waals surface area contributed by atoms with E-state index in [-0.39, 0.29) is 0 Å². The van der Waals surface area contributed by atoms with E-state index >= 15 is 0 Å². The second-order valence-electron chi connectivity index (χ2n) is 8.13. The summed E-state index contributed by atoms with van der Waals surface area (Å²) in [6.07, 6.45) is 4.21. The van der Waals surface area contributed by atoms with Gasteiger partial charge in [-0.05, 0) is 60.7 Å². The van der Waals surface area contributed by atoms with Crippen LogP contribution in [0.5, 0.6) is 5.75 Å². The largest absolute Gasteiger partial charge is 0.508 e. The summed E-state index contributed by atoms with van der Waals surface area (Å²) in [6.45, 7) is 12.3. The van der Waals surface area contributed by atoms with Crippen LogP contribution in [0.2, 0.25) is 0 Å². The van der Waals surface area contributed by atoms with E-state index in [1.54, 1.807) is 18.3 Å². The lowest BCUT2D eigenvalue weighted by atomic mass is 10.2. The van der Waals surface area contributed by atoms with Crippen molar-refractivity contribution in [1.82, 2.24) is 4.98 Å². The maximum absolute atomic E-state index is 9.44. The van der Waals surface area contributed by atoms with E-state index in [0.29, 0.717) is 17.3 Å². The van der Waals surface area contributed by atoms with Crippen molar-refractivity contribution in [3.63, 3.8) is 0 Å². The third-order valence-electron chi connectivity index (χ3n) is 4.89. The number of phenolic OH excluding ortho intramolecular Hbond substituents is 1. The zero-order chi connectivity index (χ0) is 24.8. The fraction of sp³-hybridized carbons (Fsp3) is 0.357. The molecule has 1 aliphatic rings. The van der Waals surface area contributed by atoms with Gasteiger partial charge in [0.1, 0.15) is 17.3 Å². The van der Waals surface area contributed by atoms with Crippen LogP contribution >= 0.6 is 0 Å². The van der Waals surface area contributed by atoms with Gasteiger partial charge >= 0.3 is 0 Å². The van der Waals surface area contributed by atoms with E-state index < -0.39 is 0 Å². The Hall–Kier alpha value is -3.54. The maximum Gasteiger partial charge on any atom is 0.150 e. The summed E-state index contributed by atoms with van der Waals surface area (Å²) in [5.41, 5.74) is 9.86. The minimum Gasteiger partial charge on any atom is -0.508 e. The van der Waals surface area contributed by atoms with Gasteiger partial charge in [-0.2, -0.15) is 0 Å². The average molecular weight is 462 g/mol. The van der Waals surface area contributed by atoms with Gasteiger partial charge in [0.15, 0.2) is 0 Å². The summed E-state index contributed by atoms with van der Waals surface area (Å²) in [4.78, 5) is 13.4. The Bertz CT molecular complexity index is 962. The molecule has 1 saturated heterocycles. The van der Waals surface area contributed by atoms with Gasteiger partial charge in [0.2, 0.25) is 0 Å². The summed E-state index contributed by atoms with van der Waals surface area (Å²) >= 11 is 0. The first kappa shape index (κ1) is 26.7. The SMILES string of the molecule is CCC.CCC.NC(=Nc1ccc(N2CCN(c3ccc(O)cc3)CC2)cc1)c1ccccn1. The number of anilines is 2. The third-order valence-corrected chi connectivity index (χ3v) is 4.89. The smallest absolute Gasteiger partial charge is 0.150 e. The van der Waals surface area contributed by atoms with Gasteiger partial charge in [-0.1, -0.05) is 46.6 Å². The first-order valence-electron chi connectivity index (χ1n) is 12.2. The molecule has 1 fully saturated rings. The zero-order valence-corrected chi connectivity index (χ0v) is 21.0. The van der Waals surface area contributed by atoms with Crippen LogP contribution in [0.25, 0.3) is 0 Å². The lowest BCUT2D eigenvalue weighted by Crippen LogP contribution is -2.46. The van der Waals surface area contributed by atoms with Crippen molar-refractivity contribution in [3.05, 3.63) is 78.6 Å². The number of hydrogen-bond acceptors (Lipinski definition) is 5. The molecule has 2 heterocycles. The van der Waals surface area contributed by atoms with Crippen LogP contribution in [0.3, 0.4) is 0 Å². The number of aliphatic imine (C=N–C) groups is 1. The van der Waals surface area contributed by atoms with Gasteiger partial charge in [0.05, 0.1) is 5.69 Å². The molecular formula is C28H39N5O. The molecule has 0 unspecified atom stereocenters. The Kier molecular flexibility index (Phi) is 11.5. The molecule has 182 valence electrons. The molecule has 2 aromatic carbocycles. The topological polar surface area (TPSA) is 78.0 Å². The number of nitrogens with two attached hydrogens (primary N) is 1. The predicted octanol–water partition coefficient (Wildman–Crippen LogP) is 5.98. The average Bonchev–Trinajstić information content (AvgIpc) is 2.87. The van der Waals surface area contributed by atoms with E-state index in [1.165, 1.54) is 18.5 Å². The van der Waals surface area contributed by atoms with E-state index in [9.17, 15) is 5.11 Å². The van der Waals surface area contributed by atoms with Gasteiger partial charge in [-0.15, -0.1) is 0 Å². The number of piperazine rings is 1. The molecule has 0 bridgehead atoms. The molecule has 3 N–H and O–H groups in total. The van der Waals surface area contributed by atoms with E-state index in [0.717, 1.165) is 37.6 Å². The Balaban J connectivity index is 0.000000618. The van der Waals surface area contributed by atoms with Crippen molar-refractivity contribution >= 4 is 22.9 Å². The summed E-state index contributed by atoms with van der Waals surface area (Å²) < 4.78 is 0. The highest BCUT2D eigenvalue weighted by Crippen LogP contribution is 2.24. The lowest BCUT2D eigenvalue weighted by Gasteiger charge is -2.37. The summed E-state index contributed by atoms with van der Waals surface area (Å²) in [5, 5.41) is 9.44. The van der Waals surface area contributed by atoms with Crippen LogP contribution in [0.1, 0.15) is 46.2 Å². The first-order valence-corrected chi connectivity index (χ1v) is 12.2. The van der Waals surface area contributed by atoms with Gasteiger partial charge in [0.25, 0.3) is 0 Å². The Morgan fingerprint density at radius 2 is 1.26 bits per heavy atom. The van der Waals surface area contributed by atoms with Crippen LogP contribution in [0, 0.1) is 0 Å². The van der Waals surface area contributed by atoms with Crippen molar-refractivity contribution in [2.75, 3.05) is 36.0 Å². The molecule has 34 heavy (non-hydrogen) atoms. The maximum atomic E-state index is 9.44. The summed E-state index contributed by atoms with van der Waals surface area (Å²) in [5.74, 6) is 0.713. The van der Waals surface area contributed by atoms with Crippen molar-refractivity contribution in [3.8, 4) is 5.75 Å². The quantitative estimate of drug-likeness (QED) is 0.369. The number of aromatic hydroxyl groups is 1. The standard InChI is InChI=1S/C22H23N5O.2C3H8/c23-22(21-3-1-2-12-24-21)25-17-4-6-18(7-5-17)26-13-15-27(16-14-26)19-8-10-20(28)11-9-19;2*1-3-2/h1-12,28H,13-16H2,(H2,23,25);2*3H2,1-2H3. The molecule has 0 spiro atoms. The third kappa shape index (κ3) is 8.43. The van der Waals surface area contributed by atoms with Gasteiger partial charge in [-0.25, -0.2) is 4.99 Å². The van der Waals surface area contributed by atoms with Crippen LogP contribution in [0.4, 0.5) is 17.1 Å². The van der Waals surface area contributed by atoms with Crippen LogP contribution < -0.4 is 15.5 Å². The molecule has 0 aliphatic carbocycles. The first-order chi connectivity index (χ1) is 16.5. The Labute approximate surface area is 204 Å². The van der Waals surface area contributed by atoms with E-state index in [2.05, 4.69) is 59.6 Å². The van der Waals surface area contributed by atoms with Crippen LogP contribution in [-0.2, 0) is 0 Å². The number of phenols is 1. The predicted molar refractivity (Wildman–Crippen MR) is 146 cm³/mol. The highest BCUT2D eigenvalue weighted by Gasteiger charge is 2.17. The van der Waals surface area contributed by atoms with Gasteiger partial charge < -0.3 is 20.6 Å². The highest BCUT2D eigenvalue weighted by molar-refractivity contribution is 5.97. The van der Waals surface area contributed by atoms with Crippen LogP contribution in [-0.4, -0.2) is 42.1 Å². The second kappa shape index (κ2) is 14.6. The molecule has 1 aromatic heterocycles. The Morgan fingerprint density at radius 1 is 0.794 bits per heavy atom. The molecule has 4 rings (SSSR count). The number of nitrogens with zero attached hydrogens (tertiary/aromatic N) is 4. The number of amidine groups is 1. The molecule has 3 aromatic rings. The molecule has 0 amide bonds. The van der Waals surface area contributed by atoms with Crippen molar-refractivity contribution in [2.24, 2.45) is 10.7 Å². The lowest BCUT2D eigenvalue weighted by molar-refractivity contribution is 0.475. The second-order valence-corrected chi connectivity index (χ2v) is 8.13. The van der Waals surface area contributed by atoms with E-state index in [1.807, 2.05) is 42.5 Å². The van der Waals surface area contributed by atoms with Crippen molar-refractivity contribution in [2.45, 2.75) is 40.5 Å². The molecule has 0 radical (unpaired) electrons. The van der Waals surface area contributed by atoms with Crippen molar-refractivity contribution < 1.29 is 5.11 Å². The monoisotopic (exact) mass is 461 g/mol. The number of pyridine rings is 1. The van der Waals surface area contributed by atoms with Gasteiger partial charge in [0, 0.05) is 43.8 Å². The minimum absolute atomic E-state index is 0.300. The minimum atomic E-state index is 0.300. The fourth-order valence-corrected chi connectivity index (χ4v) is 3.33. The van der Waals surface area contributed by atoms with Gasteiger partial charge in [-0.3, -0.25) is 4.98 Å². The zero-order valence-electron chi connectivity index (χ0n) is 21.0. The van der Waals surface area contributed by atoms with Crippen LogP contribution in [0.15, 0.2) is 77.9 Å². The number of rotatable bonds is 4. The summed E-state index contributed by atoms with van der Waals surface area (Å²) in [6, 6.07) is 21.1. The van der Waals surface area contributed by atoms with E-state index in [4.69, 9.17) is 5.73 Å². The molecule has 1 aliphatic heterocycles. The summed E-state index contributed by atoms with van der Waals surface area (Å²) in [7, 11) is 0. The number of hydrogen-bond donors (Lipinski definition) is 2. The molecule has 0 atom stereocenters. The normalized spacial score (nSPS) is 13.4. The molecule has 0 saturated carbocycles.